The molecule has 0 atom stereocenters. The van der Waals surface area contributed by atoms with Crippen LogP contribution in [0.1, 0.15) is 52.0 Å². The predicted molar refractivity (Wildman–Crippen MR) is 96.5 cm³/mol. The van der Waals surface area contributed by atoms with Crippen LogP contribution in [0.5, 0.6) is 0 Å². The summed E-state index contributed by atoms with van der Waals surface area (Å²) in [5.74, 6) is 0. The predicted octanol–water partition coefficient (Wildman–Crippen LogP) is 4.53. The van der Waals surface area contributed by atoms with Gasteiger partial charge in [-0.2, -0.15) is 13.2 Å². The second-order valence-corrected chi connectivity index (χ2v) is 7.81. The molecule has 1 aromatic rings. The lowest BCUT2D eigenvalue weighted by Crippen LogP contribution is -2.43. The number of rotatable bonds is 6. The quantitative estimate of drug-likeness (QED) is 0.429. The Labute approximate surface area is 160 Å². The molecule has 0 spiro atoms. The fraction of sp³-hybridized carbons (Fsp3) is 0.611. The number of amides is 1. The van der Waals surface area contributed by atoms with E-state index in [4.69, 9.17) is 4.84 Å². The van der Waals surface area contributed by atoms with Crippen molar-refractivity contribution in [3.8, 4) is 0 Å². The third-order valence-electron chi connectivity index (χ3n) is 4.42. The van der Waals surface area contributed by atoms with Crippen molar-refractivity contribution in [3.63, 3.8) is 0 Å². The van der Waals surface area contributed by atoms with Crippen molar-refractivity contribution in [3.05, 3.63) is 33.9 Å². The van der Waals surface area contributed by atoms with Crippen LogP contribution in [0.4, 0.5) is 24.5 Å². The van der Waals surface area contributed by atoms with Gasteiger partial charge in [0.2, 0.25) is 6.41 Å². The molecule has 10 heteroatoms. The van der Waals surface area contributed by atoms with Gasteiger partial charge < -0.3 is 5.32 Å². The van der Waals surface area contributed by atoms with E-state index < -0.39 is 28.0 Å². The van der Waals surface area contributed by atoms with E-state index in [0.717, 1.165) is 12.1 Å². The van der Waals surface area contributed by atoms with E-state index in [1.165, 1.54) is 5.06 Å². The van der Waals surface area contributed by atoms with Crippen LogP contribution in [-0.2, 0) is 15.8 Å². The van der Waals surface area contributed by atoms with Crippen LogP contribution in [0.15, 0.2) is 18.2 Å². The minimum Gasteiger partial charge on any atom is -0.377 e. The second kappa shape index (κ2) is 8.34. The Morgan fingerprint density at radius 1 is 1.21 bits per heavy atom. The molecule has 1 N–H and O–H groups in total. The van der Waals surface area contributed by atoms with Crippen molar-refractivity contribution in [2.24, 2.45) is 0 Å². The molecule has 1 aliphatic carbocycles. The molecular formula is C18H24F3N3O4. The highest BCUT2D eigenvalue weighted by Crippen LogP contribution is 2.36. The number of anilines is 1. The van der Waals surface area contributed by atoms with Gasteiger partial charge in [-0.05, 0) is 58.6 Å². The first-order valence-electron chi connectivity index (χ1n) is 8.95. The van der Waals surface area contributed by atoms with Gasteiger partial charge in [0.25, 0.3) is 5.69 Å². The maximum Gasteiger partial charge on any atom is 0.416 e. The lowest BCUT2D eigenvalue weighted by Gasteiger charge is -2.37. The summed E-state index contributed by atoms with van der Waals surface area (Å²) >= 11 is 0. The van der Waals surface area contributed by atoms with Crippen molar-refractivity contribution in [1.82, 2.24) is 5.06 Å². The monoisotopic (exact) mass is 403 g/mol. The molecule has 0 heterocycles. The van der Waals surface area contributed by atoms with Gasteiger partial charge in [0.15, 0.2) is 0 Å². The van der Waals surface area contributed by atoms with E-state index in [0.29, 0.717) is 38.2 Å². The van der Waals surface area contributed by atoms with E-state index >= 15 is 0 Å². The summed E-state index contributed by atoms with van der Waals surface area (Å²) < 4.78 is 38.4. The summed E-state index contributed by atoms with van der Waals surface area (Å²) in [5, 5.41) is 15.5. The molecule has 0 aromatic heterocycles. The molecule has 1 amide bonds. The van der Waals surface area contributed by atoms with Crippen molar-refractivity contribution in [2.45, 2.75) is 70.3 Å². The minimum absolute atomic E-state index is 0.0552. The number of alkyl halides is 3. The van der Waals surface area contributed by atoms with Crippen LogP contribution in [0.2, 0.25) is 0 Å². The SMILES string of the molecule is CC(C)(C)ON(C=O)C1CCC(Nc2ccc(C(F)(F)F)cc2[N+](=O)[O-])CC1. The number of carbonyl (C=O) groups is 1. The molecule has 156 valence electrons. The Morgan fingerprint density at radius 3 is 2.29 bits per heavy atom. The number of nitrogens with zero attached hydrogens (tertiary/aromatic N) is 2. The molecule has 28 heavy (non-hydrogen) atoms. The van der Waals surface area contributed by atoms with E-state index in [1.807, 2.05) is 20.8 Å². The Balaban J connectivity index is 2.04. The van der Waals surface area contributed by atoms with E-state index in [1.54, 1.807) is 0 Å². The number of halogens is 3. The molecule has 2 rings (SSSR count). The van der Waals surface area contributed by atoms with Gasteiger partial charge in [-0.25, -0.2) is 5.06 Å². The average Bonchev–Trinajstić information content (AvgIpc) is 2.59. The zero-order valence-electron chi connectivity index (χ0n) is 16.0. The molecule has 1 aromatic carbocycles. The summed E-state index contributed by atoms with van der Waals surface area (Å²) in [7, 11) is 0. The first kappa shape index (κ1) is 21.9. The first-order valence-corrected chi connectivity index (χ1v) is 8.95. The third kappa shape index (κ3) is 5.82. The highest BCUT2D eigenvalue weighted by molar-refractivity contribution is 5.63. The molecule has 0 bridgehead atoms. The number of nitrogens with one attached hydrogen (secondary N) is 1. The fourth-order valence-electron chi connectivity index (χ4n) is 3.17. The summed E-state index contributed by atoms with van der Waals surface area (Å²) in [4.78, 5) is 27.3. The van der Waals surface area contributed by atoms with E-state index in [2.05, 4.69) is 5.32 Å². The Bertz CT molecular complexity index is 711. The molecule has 1 saturated carbocycles. The number of hydrogen-bond acceptors (Lipinski definition) is 5. The smallest absolute Gasteiger partial charge is 0.377 e. The largest absolute Gasteiger partial charge is 0.416 e. The lowest BCUT2D eigenvalue weighted by molar-refractivity contribution is -0.384. The lowest BCUT2D eigenvalue weighted by atomic mass is 9.90. The maximum atomic E-state index is 12.8. The van der Waals surface area contributed by atoms with Gasteiger partial charge in [0.1, 0.15) is 5.69 Å². The summed E-state index contributed by atoms with van der Waals surface area (Å²) in [6, 6.07) is 2.20. The van der Waals surface area contributed by atoms with E-state index in [9.17, 15) is 28.1 Å². The van der Waals surface area contributed by atoms with Gasteiger partial charge in [-0.3, -0.25) is 19.7 Å². The molecule has 0 saturated heterocycles. The Kier molecular flexibility index (Phi) is 6.53. The average molecular weight is 403 g/mol. The van der Waals surface area contributed by atoms with Crippen LogP contribution < -0.4 is 5.32 Å². The van der Waals surface area contributed by atoms with Gasteiger partial charge in [0.05, 0.1) is 22.1 Å². The number of nitro groups is 1. The summed E-state index contributed by atoms with van der Waals surface area (Å²) in [6.07, 6.45) is -1.58. The molecule has 0 unspecified atom stereocenters. The van der Waals surface area contributed by atoms with Crippen molar-refractivity contribution in [2.75, 3.05) is 5.32 Å². The van der Waals surface area contributed by atoms with Crippen LogP contribution >= 0.6 is 0 Å². The number of benzene rings is 1. The standard InChI is InChI=1S/C18H24F3N3O4/c1-17(2,3)28-23(11-25)14-7-5-13(6-8-14)22-15-9-4-12(18(19,20)21)10-16(15)24(26)27/h4,9-11,13-14,22H,5-8H2,1-3H3. The van der Waals surface area contributed by atoms with Crippen LogP contribution in [-0.4, -0.2) is 34.1 Å². The number of hydroxylamine groups is 2. The van der Waals surface area contributed by atoms with Gasteiger partial charge in [0, 0.05) is 12.1 Å². The topological polar surface area (TPSA) is 84.7 Å². The highest BCUT2D eigenvalue weighted by Gasteiger charge is 2.34. The Morgan fingerprint density at radius 2 is 1.82 bits per heavy atom. The second-order valence-electron chi connectivity index (χ2n) is 7.81. The Hall–Kier alpha value is -2.36. The highest BCUT2D eigenvalue weighted by atomic mass is 19.4. The van der Waals surface area contributed by atoms with Gasteiger partial charge in [-0.15, -0.1) is 0 Å². The van der Waals surface area contributed by atoms with Crippen LogP contribution in [0, 0.1) is 10.1 Å². The van der Waals surface area contributed by atoms with E-state index in [-0.39, 0.29) is 17.8 Å². The number of carbonyl (C=O) groups excluding carboxylic acids is 1. The van der Waals surface area contributed by atoms with Gasteiger partial charge in [-0.1, -0.05) is 0 Å². The first-order chi connectivity index (χ1) is 12.9. The molecule has 0 radical (unpaired) electrons. The molecule has 0 aliphatic heterocycles. The number of nitro benzene ring substituents is 1. The van der Waals surface area contributed by atoms with Crippen LogP contribution in [0.25, 0.3) is 0 Å². The van der Waals surface area contributed by atoms with Gasteiger partial charge >= 0.3 is 6.18 Å². The fourth-order valence-corrected chi connectivity index (χ4v) is 3.17. The number of hydrogen-bond donors (Lipinski definition) is 1. The maximum absolute atomic E-state index is 12.8. The zero-order chi connectivity index (χ0) is 21.1. The third-order valence-corrected chi connectivity index (χ3v) is 4.42. The van der Waals surface area contributed by atoms with Crippen LogP contribution in [0.3, 0.4) is 0 Å². The molecular weight excluding hydrogens is 379 g/mol. The normalized spacial score (nSPS) is 20.5. The minimum atomic E-state index is -4.65. The molecule has 7 nitrogen and oxygen atoms in total. The molecule has 1 aliphatic rings. The summed E-state index contributed by atoms with van der Waals surface area (Å²) in [6.45, 7) is 5.50. The van der Waals surface area contributed by atoms with Crippen molar-refractivity contribution >= 4 is 17.8 Å². The molecule has 1 fully saturated rings. The van der Waals surface area contributed by atoms with Crippen molar-refractivity contribution in [1.29, 1.82) is 0 Å². The zero-order valence-corrected chi connectivity index (χ0v) is 16.0. The van der Waals surface area contributed by atoms with Crippen molar-refractivity contribution < 1.29 is 27.7 Å². The summed E-state index contributed by atoms with van der Waals surface area (Å²) in [5.41, 5.74) is -2.13.